The van der Waals surface area contributed by atoms with Crippen molar-refractivity contribution >= 4 is 11.7 Å². The minimum Gasteiger partial charge on any atom is -0.349 e. The van der Waals surface area contributed by atoms with E-state index in [4.69, 9.17) is 5.84 Å². The van der Waals surface area contributed by atoms with E-state index in [1.54, 1.807) is 6.07 Å². The third kappa shape index (κ3) is 3.44. The van der Waals surface area contributed by atoms with E-state index in [9.17, 15) is 4.79 Å². The molecule has 0 spiro atoms. The van der Waals surface area contributed by atoms with Crippen LogP contribution in [0.5, 0.6) is 0 Å². The Balaban J connectivity index is 2.17. The quantitative estimate of drug-likeness (QED) is 0.574. The van der Waals surface area contributed by atoms with Gasteiger partial charge < -0.3 is 10.7 Å². The second-order valence-electron chi connectivity index (χ2n) is 5.42. The monoisotopic (exact) mass is 262 g/mol. The van der Waals surface area contributed by atoms with Gasteiger partial charge in [-0.2, -0.15) is 0 Å². The minimum atomic E-state index is -0.0345. The predicted octanol–water partition coefficient (Wildman–Crippen LogP) is 2.16. The summed E-state index contributed by atoms with van der Waals surface area (Å²) in [4.78, 5) is 16.6. The summed E-state index contributed by atoms with van der Waals surface area (Å²) in [7, 11) is 0. The molecule has 2 rings (SSSR count). The second-order valence-corrected chi connectivity index (χ2v) is 5.42. The van der Waals surface area contributed by atoms with Crippen LogP contribution >= 0.6 is 0 Å². The fourth-order valence-corrected chi connectivity index (χ4v) is 2.39. The molecule has 5 heteroatoms. The summed E-state index contributed by atoms with van der Waals surface area (Å²) < 4.78 is 0. The molecular weight excluding hydrogens is 240 g/mol. The number of rotatable bonds is 4. The van der Waals surface area contributed by atoms with Crippen molar-refractivity contribution in [1.29, 1.82) is 0 Å². The van der Waals surface area contributed by atoms with Crippen molar-refractivity contribution in [2.45, 2.75) is 51.5 Å². The first kappa shape index (κ1) is 13.8. The number of hydrogen-bond donors (Lipinski definition) is 3. The molecule has 1 heterocycles. The summed E-state index contributed by atoms with van der Waals surface area (Å²) >= 11 is 0. The lowest BCUT2D eigenvalue weighted by Crippen LogP contribution is -2.32. The Morgan fingerprint density at radius 2 is 2.05 bits per heavy atom. The minimum absolute atomic E-state index is 0.0345. The van der Waals surface area contributed by atoms with Gasteiger partial charge in [0.1, 0.15) is 5.82 Å². The van der Waals surface area contributed by atoms with Crippen LogP contribution < -0.4 is 16.6 Å². The number of anilines is 1. The van der Waals surface area contributed by atoms with Crippen LogP contribution in [0.25, 0.3) is 0 Å². The molecule has 0 aromatic carbocycles. The first-order valence-corrected chi connectivity index (χ1v) is 6.89. The maximum atomic E-state index is 12.2. The standard InChI is InChI=1S/C14H22N4O/c1-9(2)12-7-10(8-13(17-12)18-15)14(19)16-11-5-3-4-6-11/h7-9,11H,3-6,15H2,1-2H3,(H,16,19)(H,17,18). The number of nitrogen functional groups attached to an aromatic ring is 1. The lowest BCUT2D eigenvalue weighted by atomic mass is 10.1. The van der Waals surface area contributed by atoms with Crippen LogP contribution in [0.4, 0.5) is 5.82 Å². The molecule has 1 aromatic rings. The van der Waals surface area contributed by atoms with Gasteiger partial charge in [-0.05, 0) is 30.9 Å². The number of amides is 1. The second kappa shape index (κ2) is 6.02. The number of aromatic nitrogens is 1. The van der Waals surface area contributed by atoms with Gasteiger partial charge in [0.15, 0.2) is 0 Å². The van der Waals surface area contributed by atoms with Crippen LogP contribution in [-0.2, 0) is 0 Å². The number of nitrogens with one attached hydrogen (secondary N) is 2. The van der Waals surface area contributed by atoms with Gasteiger partial charge >= 0.3 is 0 Å². The molecule has 1 amide bonds. The molecule has 1 aliphatic carbocycles. The Bertz CT molecular complexity index is 453. The van der Waals surface area contributed by atoms with E-state index in [0.29, 0.717) is 17.4 Å². The fraction of sp³-hybridized carbons (Fsp3) is 0.571. The average molecular weight is 262 g/mol. The lowest BCUT2D eigenvalue weighted by molar-refractivity contribution is 0.0937. The van der Waals surface area contributed by atoms with Gasteiger partial charge in [0.05, 0.1) is 0 Å². The van der Waals surface area contributed by atoms with Gasteiger partial charge in [0, 0.05) is 17.3 Å². The molecule has 1 aliphatic rings. The Labute approximate surface area is 114 Å². The maximum Gasteiger partial charge on any atom is 0.251 e. The molecule has 0 aliphatic heterocycles. The lowest BCUT2D eigenvalue weighted by Gasteiger charge is -2.14. The van der Waals surface area contributed by atoms with Crippen molar-refractivity contribution in [2.24, 2.45) is 5.84 Å². The van der Waals surface area contributed by atoms with E-state index in [0.717, 1.165) is 18.5 Å². The molecule has 0 unspecified atom stereocenters. The van der Waals surface area contributed by atoms with Crippen LogP contribution in [0.15, 0.2) is 12.1 Å². The normalized spacial score (nSPS) is 15.8. The first-order chi connectivity index (χ1) is 9.10. The third-order valence-corrected chi connectivity index (χ3v) is 3.54. The van der Waals surface area contributed by atoms with Crippen LogP contribution in [0.1, 0.15) is 61.5 Å². The van der Waals surface area contributed by atoms with Gasteiger partial charge in [0.2, 0.25) is 0 Å². The van der Waals surface area contributed by atoms with Gasteiger partial charge in [0.25, 0.3) is 5.91 Å². The zero-order valence-electron chi connectivity index (χ0n) is 11.6. The molecule has 0 atom stereocenters. The Morgan fingerprint density at radius 1 is 1.37 bits per heavy atom. The molecule has 19 heavy (non-hydrogen) atoms. The predicted molar refractivity (Wildman–Crippen MR) is 75.9 cm³/mol. The summed E-state index contributed by atoms with van der Waals surface area (Å²) in [6, 6.07) is 3.85. The van der Waals surface area contributed by atoms with Crippen LogP contribution in [0.3, 0.4) is 0 Å². The Hall–Kier alpha value is -1.62. The molecule has 1 aromatic heterocycles. The zero-order valence-corrected chi connectivity index (χ0v) is 11.6. The Morgan fingerprint density at radius 3 is 2.63 bits per heavy atom. The number of nitrogens with two attached hydrogens (primary N) is 1. The third-order valence-electron chi connectivity index (χ3n) is 3.54. The van der Waals surface area contributed by atoms with Crippen molar-refractivity contribution in [1.82, 2.24) is 10.3 Å². The Kier molecular flexibility index (Phi) is 4.37. The highest BCUT2D eigenvalue weighted by Gasteiger charge is 2.19. The van der Waals surface area contributed by atoms with Gasteiger partial charge in [-0.25, -0.2) is 10.8 Å². The summed E-state index contributed by atoms with van der Waals surface area (Å²) in [5, 5.41) is 3.08. The van der Waals surface area contributed by atoms with Crippen LogP contribution in [-0.4, -0.2) is 16.9 Å². The largest absolute Gasteiger partial charge is 0.349 e. The topological polar surface area (TPSA) is 80.0 Å². The SMILES string of the molecule is CC(C)c1cc(C(=O)NC2CCCC2)cc(NN)n1. The summed E-state index contributed by atoms with van der Waals surface area (Å²) in [5.41, 5.74) is 4.01. The van der Waals surface area contributed by atoms with E-state index in [-0.39, 0.29) is 11.8 Å². The molecule has 4 N–H and O–H groups in total. The molecule has 1 saturated carbocycles. The van der Waals surface area contributed by atoms with Crippen molar-refractivity contribution in [3.8, 4) is 0 Å². The molecule has 0 radical (unpaired) electrons. The summed E-state index contributed by atoms with van der Waals surface area (Å²) in [5.74, 6) is 6.16. The van der Waals surface area contributed by atoms with Gasteiger partial charge in [-0.3, -0.25) is 4.79 Å². The van der Waals surface area contributed by atoms with Crippen molar-refractivity contribution in [2.75, 3.05) is 5.43 Å². The highest BCUT2D eigenvalue weighted by Crippen LogP contribution is 2.20. The number of nitrogens with zero attached hydrogens (tertiary/aromatic N) is 1. The number of hydrazine groups is 1. The van der Waals surface area contributed by atoms with E-state index >= 15 is 0 Å². The number of carbonyl (C=O) groups excluding carboxylic acids is 1. The van der Waals surface area contributed by atoms with Gasteiger partial charge in [-0.1, -0.05) is 26.7 Å². The smallest absolute Gasteiger partial charge is 0.251 e. The van der Waals surface area contributed by atoms with E-state index in [1.165, 1.54) is 12.8 Å². The van der Waals surface area contributed by atoms with Crippen LogP contribution in [0, 0.1) is 0 Å². The molecule has 0 saturated heterocycles. The molecular formula is C14H22N4O. The van der Waals surface area contributed by atoms with Crippen molar-refractivity contribution in [3.63, 3.8) is 0 Å². The van der Waals surface area contributed by atoms with Crippen LogP contribution in [0.2, 0.25) is 0 Å². The van der Waals surface area contributed by atoms with Crippen molar-refractivity contribution in [3.05, 3.63) is 23.4 Å². The number of pyridine rings is 1. The molecule has 5 nitrogen and oxygen atoms in total. The number of carbonyl (C=O) groups is 1. The number of hydrogen-bond acceptors (Lipinski definition) is 4. The highest BCUT2D eigenvalue weighted by molar-refractivity contribution is 5.95. The van der Waals surface area contributed by atoms with E-state index in [1.807, 2.05) is 19.9 Å². The molecule has 104 valence electrons. The first-order valence-electron chi connectivity index (χ1n) is 6.89. The highest BCUT2D eigenvalue weighted by atomic mass is 16.1. The zero-order chi connectivity index (χ0) is 13.8. The van der Waals surface area contributed by atoms with Crippen molar-refractivity contribution < 1.29 is 4.79 Å². The summed E-state index contributed by atoms with van der Waals surface area (Å²) in [6.45, 7) is 4.09. The molecule has 0 bridgehead atoms. The van der Waals surface area contributed by atoms with Gasteiger partial charge in [-0.15, -0.1) is 0 Å². The van der Waals surface area contributed by atoms with E-state index < -0.39 is 0 Å². The van der Waals surface area contributed by atoms with E-state index in [2.05, 4.69) is 15.7 Å². The summed E-state index contributed by atoms with van der Waals surface area (Å²) in [6.07, 6.45) is 4.56. The average Bonchev–Trinajstić information content (AvgIpc) is 2.90. The fourth-order valence-electron chi connectivity index (χ4n) is 2.39. The maximum absolute atomic E-state index is 12.2. The molecule has 1 fully saturated rings.